The number of aldehydes is 1. The first kappa shape index (κ1) is 15.8. The topological polar surface area (TPSA) is 84.1 Å². The lowest BCUT2D eigenvalue weighted by Crippen LogP contribution is -2.32. The van der Waals surface area contributed by atoms with Crippen molar-refractivity contribution in [1.82, 2.24) is 15.3 Å². The average molecular weight is 301 g/mol. The molecule has 116 valence electrons. The number of pyridine rings is 1. The minimum atomic E-state index is -0.512. The molecular formula is C16H19N3O3. The number of aromatic nitrogens is 2. The van der Waals surface area contributed by atoms with Crippen molar-refractivity contribution >= 4 is 29.5 Å². The van der Waals surface area contributed by atoms with Crippen LogP contribution in [0.25, 0.3) is 17.1 Å². The van der Waals surface area contributed by atoms with Crippen LogP contribution in [0.1, 0.15) is 36.7 Å². The van der Waals surface area contributed by atoms with Crippen molar-refractivity contribution in [3.05, 3.63) is 35.7 Å². The maximum Gasteiger partial charge on any atom is 0.407 e. The molecule has 2 aromatic rings. The molecule has 0 radical (unpaired) electrons. The Hall–Kier alpha value is -2.63. The van der Waals surface area contributed by atoms with Gasteiger partial charge in [0.15, 0.2) is 6.29 Å². The van der Waals surface area contributed by atoms with E-state index in [1.54, 1.807) is 18.5 Å². The number of ether oxygens (including phenoxy) is 1. The lowest BCUT2D eigenvalue weighted by atomic mass is 10.2. The van der Waals surface area contributed by atoms with E-state index in [2.05, 4.69) is 15.3 Å². The van der Waals surface area contributed by atoms with Crippen LogP contribution in [0, 0.1) is 0 Å². The van der Waals surface area contributed by atoms with Gasteiger partial charge in [0.25, 0.3) is 0 Å². The van der Waals surface area contributed by atoms with Gasteiger partial charge in [0.1, 0.15) is 11.2 Å². The maximum absolute atomic E-state index is 11.5. The van der Waals surface area contributed by atoms with Crippen LogP contribution in [0.4, 0.5) is 4.79 Å². The van der Waals surface area contributed by atoms with E-state index in [0.29, 0.717) is 17.8 Å². The molecule has 6 heteroatoms. The van der Waals surface area contributed by atoms with E-state index in [0.717, 1.165) is 17.2 Å². The molecule has 0 saturated carbocycles. The van der Waals surface area contributed by atoms with Gasteiger partial charge >= 0.3 is 6.09 Å². The molecule has 2 aromatic heterocycles. The zero-order valence-corrected chi connectivity index (χ0v) is 12.8. The molecule has 6 nitrogen and oxygen atoms in total. The van der Waals surface area contributed by atoms with Gasteiger partial charge in [-0.05, 0) is 32.4 Å². The minimum Gasteiger partial charge on any atom is -0.444 e. The van der Waals surface area contributed by atoms with E-state index in [4.69, 9.17) is 4.74 Å². The van der Waals surface area contributed by atoms with Crippen LogP contribution in [-0.2, 0) is 4.74 Å². The van der Waals surface area contributed by atoms with Crippen LogP contribution < -0.4 is 5.32 Å². The molecule has 0 aliphatic heterocycles. The van der Waals surface area contributed by atoms with Gasteiger partial charge in [0.05, 0.1) is 0 Å². The normalized spacial score (nSPS) is 11.8. The first-order valence-electron chi connectivity index (χ1n) is 6.95. The molecule has 0 spiro atoms. The molecule has 22 heavy (non-hydrogen) atoms. The van der Waals surface area contributed by atoms with Gasteiger partial charge in [-0.15, -0.1) is 0 Å². The van der Waals surface area contributed by atoms with Crippen molar-refractivity contribution < 1.29 is 14.3 Å². The summed E-state index contributed by atoms with van der Waals surface area (Å²) in [5.74, 6) is 0. The number of H-pyrrole nitrogens is 1. The Bertz CT molecular complexity index is 711. The second-order valence-electron chi connectivity index (χ2n) is 5.81. The zero-order valence-electron chi connectivity index (χ0n) is 12.8. The lowest BCUT2D eigenvalue weighted by Gasteiger charge is -2.19. The summed E-state index contributed by atoms with van der Waals surface area (Å²) in [6.07, 6.45) is 7.27. The molecule has 0 aromatic carbocycles. The molecule has 0 saturated heterocycles. The molecule has 2 N–H and O–H groups in total. The summed E-state index contributed by atoms with van der Waals surface area (Å²) >= 11 is 0. The van der Waals surface area contributed by atoms with Crippen LogP contribution in [0.5, 0.6) is 0 Å². The third-order valence-electron chi connectivity index (χ3n) is 2.78. The number of hydrogen-bond acceptors (Lipinski definition) is 4. The third-order valence-corrected chi connectivity index (χ3v) is 2.78. The number of carbonyl (C=O) groups is 2. The summed E-state index contributed by atoms with van der Waals surface area (Å²) in [5, 5.41) is 3.41. The molecule has 2 rings (SSSR count). The minimum absolute atomic E-state index is 0.348. The summed E-state index contributed by atoms with van der Waals surface area (Å²) in [4.78, 5) is 29.6. The lowest BCUT2D eigenvalue weighted by molar-refractivity contribution is 0.0534. The first-order valence-corrected chi connectivity index (χ1v) is 6.95. The van der Waals surface area contributed by atoms with Crippen molar-refractivity contribution in [2.24, 2.45) is 0 Å². The van der Waals surface area contributed by atoms with E-state index in [1.165, 1.54) is 0 Å². The molecule has 0 atom stereocenters. The van der Waals surface area contributed by atoms with E-state index in [9.17, 15) is 9.59 Å². The second kappa shape index (κ2) is 6.43. The highest BCUT2D eigenvalue weighted by Gasteiger charge is 2.14. The molecule has 1 amide bonds. The monoisotopic (exact) mass is 301 g/mol. The van der Waals surface area contributed by atoms with Crippen molar-refractivity contribution in [3.8, 4) is 0 Å². The average Bonchev–Trinajstić information content (AvgIpc) is 2.84. The number of fused-ring (bicyclic) bond motifs is 1. The summed E-state index contributed by atoms with van der Waals surface area (Å²) < 4.78 is 5.13. The van der Waals surface area contributed by atoms with Gasteiger partial charge in [-0.1, -0.05) is 12.2 Å². The fourth-order valence-electron chi connectivity index (χ4n) is 1.88. The molecule has 0 unspecified atom stereocenters. The number of amides is 1. The van der Waals surface area contributed by atoms with E-state index >= 15 is 0 Å². The van der Waals surface area contributed by atoms with Crippen molar-refractivity contribution in [2.45, 2.75) is 26.4 Å². The molecule has 0 fully saturated rings. The Labute approximate surface area is 128 Å². The fourth-order valence-corrected chi connectivity index (χ4v) is 1.88. The summed E-state index contributed by atoms with van der Waals surface area (Å²) in [6.45, 7) is 5.78. The van der Waals surface area contributed by atoms with Crippen LogP contribution in [0.15, 0.2) is 24.5 Å². The summed E-state index contributed by atoms with van der Waals surface area (Å²) in [5.41, 5.74) is 1.58. The Kier molecular flexibility index (Phi) is 4.60. The maximum atomic E-state index is 11.5. The predicted octanol–water partition coefficient (Wildman–Crippen LogP) is 2.91. The Morgan fingerprint density at radius 1 is 1.45 bits per heavy atom. The highest BCUT2D eigenvalue weighted by molar-refractivity contribution is 5.96. The van der Waals surface area contributed by atoms with Gasteiger partial charge in [-0.2, -0.15) is 0 Å². The Morgan fingerprint density at radius 2 is 2.23 bits per heavy atom. The van der Waals surface area contributed by atoms with E-state index < -0.39 is 11.7 Å². The van der Waals surface area contributed by atoms with Gasteiger partial charge in [0.2, 0.25) is 0 Å². The fraction of sp³-hybridized carbons (Fsp3) is 0.312. The standard InChI is InChI=1S/C16H19N3O3/c1-16(2,3)22-15(21)17-6-4-5-11-7-13-12(10-20)9-19-14(13)18-8-11/h4-5,7-10H,6H2,1-3H3,(H,17,21)(H,18,19). The molecule has 0 aliphatic rings. The largest absolute Gasteiger partial charge is 0.444 e. The number of carbonyl (C=O) groups excluding carboxylic acids is 2. The number of alkyl carbamates (subject to hydrolysis) is 1. The van der Waals surface area contributed by atoms with Gasteiger partial charge in [0, 0.05) is 29.9 Å². The smallest absolute Gasteiger partial charge is 0.407 e. The van der Waals surface area contributed by atoms with Gasteiger partial charge in [-0.3, -0.25) is 4.79 Å². The highest BCUT2D eigenvalue weighted by Crippen LogP contribution is 2.16. The van der Waals surface area contributed by atoms with Crippen molar-refractivity contribution in [1.29, 1.82) is 0 Å². The first-order chi connectivity index (χ1) is 10.4. The number of nitrogens with zero attached hydrogens (tertiary/aromatic N) is 1. The number of aromatic amines is 1. The van der Waals surface area contributed by atoms with Gasteiger partial charge in [-0.25, -0.2) is 9.78 Å². The van der Waals surface area contributed by atoms with Crippen molar-refractivity contribution in [3.63, 3.8) is 0 Å². The quantitative estimate of drug-likeness (QED) is 0.850. The Morgan fingerprint density at radius 3 is 2.91 bits per heavy atom. The summed E-state index contributed by atoms with van der Waals surface area (Å²) in [7, 11) is 0. The number of hydrogen-bond donors (Lipinski definition) is 2. The van der Waals surface area contributed by atoms with E-state index in [1.807, 2.05) is 32.9 Å². The Balaban J connectivity index is 1.96. The van der Waals surface area contributed by atoms with Crippen LogP contribution in [-0.4, -0.2) is 34.5 Å². The van der Waals surface area contributed by atoms with Crippen LogP contribution in [0.2, 0.25) is 0 Å². The second-order valence-corrected chi connectivity index (χ2v) is 5.81. The van der Waals surface area contributed by atoms with E-state index in [-0.39, 0.29) is 0 Å². The zero-order chi connectivity index (χ0) is 16.2. The molecule has 0 aliphatic carbocycles. The summed E-state index contributed by atoms with van der Waals surface area (Å²) in [6, 6.07) is 1.87. The molecular weight excluding hydrogens is 282 g/mol. The predicted molar refractivity (Wildman–Crippen MR) is 84.8 cm³/mol. The van der Waals surface area contributed by atoms with Crippen LogP contribution >= 0.6 is 0 Å². The number of rotatable bonds is 4. The SMILES string of the molecule is CC(C)(C)OC(=O)NCC=Cc1cnc2[nH]cc(C=O)c2c1. The van der Waals surface area contributed by atoms with Crippen molar-refractivity contribution in [2.75, 3.05) is 6.54 Å². The molecule has 0 bridgehead atoms. The number of nitrogens with one attached hydrogen (secondary N) is 2. The highest BCUT2D eigenvalue weighted by atomic mass is 16.6. The van der Waals surface area contributed by atoms with Crippen LogP contribution in [0.3, 0.4) is 0 Å². The van der Waals surface area contributed by atoms with Gasteiger partial charge < -0.3 is 15.0 Å². The third kappa shape index (κ3) is 4.18. The molecule has 2 heterocycles.